The molecule has 0 aromatic heterocycles. The standard InChI is InChI=1S/C27H32N2O3/c1-19-10-12-20(13-11-19)14-16-23(22-15-17-24(31-3)25(18-22)32-4)29-26(27(30)28-2)21-8-6-5-7-9-21/h5-13,15,17-18,23,26,29H,14,16H2,1-4H3,(H,28,30). The molecule has 0 aliphatic heterocycles. The topological polar surface area (TPSA) is 59.6 Å². The van der Waals surface area contributed by atoms with E-state index in [1.807, 2.05) is 48.5 Å². The molecule has 0 saturated heterocycles. The molecule has 3 aromatic rings. The van der Waals surface area contributed by atoms with E-state index in [2.05, 4.69) is 41.8 Å². The number of methoxy groups -OCH3 is 2. The van der Waals surface area contributed by atoms with Gasteiger partial charge in [0.25, 0.3) is 0 Å². The van der Waals surface area contributed by atoms with Gasteiger partial charge in [0, 0.05) is 13.1 Å². The molecule has 0 spiro atoms. The van der Waals surface area contributed by atoms with Crippen LogP contribution in [0.3, 0.4) is 0 Å². The lowest BCUT2D eigenvalue weighted by Crippen LogP contribution is -2.38. The maximum absolute atomic E-state index is 12.8. The quantitative estimate of drug-likeness (QED) is 0.485. The van der Waals surface area contributed by atoms with Gasteiger partial charge in [-0.3, -0.25) is 10.1 Å². The molecule has 2 N–H and O–H groups in total. The molecule has 0 heterocycles. The Bertz CT molecular complexity index is 1000. The zero-order valence-corrected chi connectivity index (χ0v) is 19.2. The number of hydrogen-bond acceptors (Lipinski definition) is 4. The number of nitrogens with one attached hydrogen (secondary N) is 2. The van der Waals surface area contributed by atoms with Crippen molar-refractivity contribution in [1.29, 1.82) is 0 Å². The highest BCUT2D eigenvalue weighted by Crippen LogP contribution is 2.32. The van der Waals surface area contributed by atoms with E-state index in [9.17, 15) is 4.79 Å². The molecule has 1 amide bonds. The molecule has 5 heteroatoms. The predicted octanol–water partition coefficient (Wildman–Crippen LogP) is 4.76. The van der Waals surface area contributed by atoms with Crippen LogP contribution < -0.4 is 20.1 Å². The van der Waals surface area contributed by atoms with Crippen LogP contribution >= 0.6 is 0 Å². The van der Waals surface area contributed by atoms with Gasteiger partial charge in [-0.1, -0.05) is 66.2 Å². The van der Waals surface area contributed by atoms with Crippen LogP contribution in [-0.2, 0) is 11.2 Å². The minimum Gasteiger partial charge on any atom is -0.493 e. The van der Waals surface area contributed by atoms with Crippen molar-refractivity contribution in [3.05, 3.63) is 95.1 Å². The van der Waals surface area contributed by atoms with Gasteiger partial charge in [0.2, 0.25) is 5.91 Å². The number of rotatable bonds is 10. The molecular weight excluding hydrogens is 400 g/mol. The largest absolute Gasteiger partial charge is 0.493 e. The Balaban J connectivity index is 1.93. The second kappa shape index (κ2) is 11.3. The highest BCUT2D eigenvalue weighted by molar-refractivity contribution is 5.83. The first kappa shape index (κ1) is 23.4. The van der Waals surface area contributed by atoms with Gasteiger partial charge < -0.3 is 14.8 Å². The zero-order chi connectivity index (χ0) is 22.9. The number of carbonyl (C=O) groups is 1. The average molecular weight is 433 g/mol. The maximum Gasteiger partial charge on any atom is 0.241 e. The summed E-state index contributed by atoms with van der Waals surface area (Å²) in [6, 6.07) is 23.7. The molecule has 0 bridgehead atoms. The predicted molar refractivity (Wildman–Crippen MR) is 128 cm³/mol. The van der Waals surface area contributed by atoms with Crippen molar-refractivity contribution in [2.45, 2.75) is 31.8 Å². The second-order valence-corrected chi connectivity index (χ2v) is 7.82. The Hall–Kier alpha value is -3.31. The van der Waals surface area contributed by atoms with E-state index >= 15 is 0 Å². The van der Waals surface area contributed by atoms with Crippen molar-refractivity contribution >= 4 is 5.91 Å². The van der Waals surface area contributed by atoms with E-state index < -0.39 is 6.04 Å². The molecule has 0 radical (unpaired) electrons. The van der Waals surface area contributed by atoms with Crippen LogP contribution in [0.15, 0.2) is 72.8 Å². The van der Waals surface area contributed by atoms with Gasteiger partial charge in [-0.2, -0.15) is 0 Å². The van der Waals surface area contributed by atoms with E-state index in [4.69, 9.17) is 9.47 Å². The molecule has 3 aromatic carbocycles. The van der Waals surface area contributed by atoms with Crippen LogP contribution in [0.4, 0.5) is 0 Å². The van der Waals surface area contributed by atoms with Crippen LogP contribution in [0.1, 0.15) is 40.8 Å². The first-order valence-electron chi connectivity index (χ1n) is 10.9. The normalized spacial score (nSPS) is 12.6. The average Bonchev–Trinajstić information content (AvgIpc) is 2.85. The Morgan fingerprint density at radius 2 is 1.56 bits per heavy atom. The van der Waals surface area contributed by atoms with Crippen LogP contribution in [0.25, 0.3) is 0 Å². The fraction of sp³-hybridized carbons (Fsp3) is 0.296. The van der Waals surface area contributed by atoms with E-state index in [-0.39, 0.29) is 11.9 Å². The summed E-state index contributed by atoms with van der Waals surface area (Å²) in [5, 5.41) is 6.39. The number of carbonyl (C=O) groups excluding carboxylic acids is 1. The van der Waals surface area contributed by atoms with Crippen LogP contribution in [0.2, 0.25) is 0 Å². The van der Waals surface area contributed by atoms with Crippen LogP contribution in [0, 0.1) is 6.92 Å². The van der Waals surface area contributed by atoms with Crippen LogP contribution in [-0.4, -0.2) is 27.2 Å². The molecule has 32 heavy (non-hydrogen) atoms. The Kier molecular flexibility index (Phi) is 8.28. The van der Waals surface area contributed by atoms with Gasteiger partial charge in [-0.15, -0.1) is 0 Å². The van der Waals surface area contributed by atoms with Gasteiger partial charge in [0.15, 0.2) is 11.5 Å². The lowest BCUT2D eigenvalue weighted by molar-refractivity contribution is -0.123. The molecule has 5 nitrogen and oxygen atoms in total. The van der Waals surface area contributed by atoms with Crippen molar-refractivity contribution in [1.82, 2.24) is 10.6 Å². The Morgan fingerprint density at radius 1 is 0.875 bits per heavy atom. The van der Waals surface area contributed by atoms with Crippen molar-refractivity contribution in [2.24, 2.45) is 0 Å². The monoisotopic (exact) mass is 432 g/mol. The summed E-state index contributed by atoms with van der Waals surface area (Å²) in [4.78, 5) is 12.8. The third-order valence-electron chi connectivity index (χ3n) is 5.66. The smallest absolute Gasteiger partial charge is 0.241 e. The van der Waals surface area contributed by atoms with E-state index in [1.165, 1.54) is 11.1 Å². The van der Waals surface area contributed by atoms with E-state index in [1.54, 1.807) is 21.3 Å². The fourth-order valence-corrected chi connectivity index (χ4v) is 3.80. The Morgan fingerprint density at radius 3 is 2.19 bits per heavy atom. The van der Waals surface area contributed by atoms with Crippen molar-refractivity contribution < 1.29 is 14.3 Å². The summed E-state index contributed by atoms with van der Waals surface area (Å²) in [6.45, 7) is 2.09. The molecule has 2 atom stereocenters. The number of hydrogen-bond donors (Lipinski definition) is 2. The molecule has 0 saturated carbocycles. The highest BCUT2D eigenvalue weighted by atomic mass is 16.5. The molecule has 0 aliphatic rings. The Labute approximate surface area is 190 Å². The number of amides is 1. The molecular formula is C27H32N2O3. The molecule has 0 fully saturated rings. The summed E-state index contributed by atoms with van der Waals surface area (Å²) in [5.41, 5.74) is 4.47. The molecule has 2 unspecified atom stereocenters. The first-order valence-corrected chi connectivity index (χ1v) is 10.9. The summed E-state index contributed by atoms with van der Waals surface area (Å²) < 4.78 is 10.9. The third-order valence-corrected chi connectivity index (χ3v) is 5.66. The number of aryl methyl sites for hydroxylation is 2. The SMILES string of the molecule is CNC(=O)C(NC(CCc1ccc(C)cc1)c1ccc(OC)c(OC)c1)c1ccccc1. The minimum absolute atomic E-state index is 0.0707. The number of likely N-dealkylation sites (N-methyl/N-ethyl adjacent to an activating group) is 1. The molecule has 0 aliphatic carbocycles. The summed E-state index contributed by atoms with van der Waals surface area (Å²) >= 11 is 0. The van der Waals surface area contributed by atoms with Gasteiger partial charge in [-0.05, 0) is 48.6 Å². The zero-order valence-electron chi connectivity index (χ0n) is 19.2. The van der Waals surface area contributed by atoms with Gasteiger partial charge in [-0.25, -0.2) is 0 Å². The van der Waals surface area contributed by atoms with Crippen molar-refractivity contribution in [3.63, 3.8) is 0 Å². The summed E-state index contributed by atoms with van der Waals surface area (Å²) in [5.74, 6) is 1.28. The third kappa shape index (κ3) is 5.89. The molecule has 168 valence electrons. The number of benzene rings is 3. The lowest BCUT2D eigenvalue weighted by Gasteiger charge is -2.26. The fourth-order valence-electron chi connectivity index (χ4n) is 3.80. The van der Waals surface area contributed by atoms with Crippen LogP contribution in [0.5, 0.6) is 11.5 Å². The highest BCUT2D eigenvalue weighted by Gasteiger charge is 2.24. The van der Waals surface area contributed by atoms with Gasteiger partial charge in [0.1, 0.15) is 6.04 Å². The van der Waals surface area contributed by atoms with Crippen molar-refractivity contribution in [2.75, 3.05) is 21.3 Å². The minimum atomic E-state index is -0.475. The van der Waals surface area contributed by atoms with Gasteiger partial charge >= 0.3 is 0 Å². The first-order chi connectivity index (χ1) is 15.5. The number of ether oxygens (including phenoxy) is 2. The van der Waals surface area contributed by atoms with E-state index in [0.717, 1.165) is 24.0 Å². The second-order valence-electron chi connectivity index (χ2n) is 7.82. The van der Waals surface area contributed by atoms with Crippen molar-refractivity contribution in [3.8, 4) is 11.5 Å². The van der Waals surface area contributed by atoms with E-state index in [0.29, 0.717) is 11.5 Å². The maximum atomic E-state index is 12.8. The molecule has 3 rings (SSSR count). The lowest BCUT2D eigenvalue weighted by atomic mass is 9.95. The van der Waals surface area contributed by atoms with Gasteiger partial charge in [0.05, 0.1) is 14.2 Å². The summed E-state index contributed by atoms with van der Waals surface area (Å²) in [6.07, 6.45) is 1.69. The summed E-state index contributed by atoms with van der Waals surface area (Å²) in [7, 11) is 4.92.